The minimum Gasteiger partial charge on any atom is -0.278 e. The van der Waals surface area contributed by atoms with Crippen molar-refractivity contribution in [2.24, 2.45) is 0 Å². The van der Waals surface area contributed by atoms with Gasteiger partial charge in [0.2, 0.25) is 0 Å². The molecule has 22 heavy (non-hydrogen) atoms. The highest BCUT2D eigenvalue weighted by molar-refractivity contribution is 8.88. The Labute approximate surface area is 133 Å². The van der Waals surface area contributed by atoms with Crippen LogP contribution in [0.5, 0.6) is 0 Å². The highest BCUT2D eigenvalue weighted by Gasteiger charge is 2.31. The minimum atomic E-state index is -4.02. The van der Waals surface area contributed by atoms with Crippen LogP contribution < -0.4 is 0 Å². The van der Waals surface area contributed by atoms with Crippen molar-refractivity contribution in [2.45, 2.75) is 12.8 Å². The first-order valence-corrected chi connectivity index (χ1v) is 11.5. The van der Waals surface area contributed by atoms with Crippen LogP contribution in [0, 0.1) is 0 Å². The molecule has 0 bridgehead atoms. The molecule has 0 spiro atoms. The predicted molar refractivity (Wildman–Crippen MR) is 95.1 cm³/mol. The fourth-order valence-electron chi connectivity index (χ4n) is 2.27. The molecule has 0 fully saturated rings. The van der Waals surface area contributed by atoms with Gasteiger partial charge in [0.1, 0.15) is 0 Å². The average Bonchev–Trinajstić information content (AvgIpc) is 2.52. The van der Waals surface area contributed by atoms with Crippen LogP contribution in [-0.4, -0.2) is 30.7 Å². The highest BCUT2D eigenvalue weighted by Crippen LogP contribution is 2.50. The van der Waals surface area contributed by atoms with Gasteiger partial charge in [-0.2, -0.15) is 8.42 Å². The van der Waals surface area contributed by atoms with Crippen LogP contribution in [0.2, 0.25) is 0 Å². The van der Waals surface area contributed by atoms with Gasteiger partial charge >= 0.3 is 9.15 Å². The molecule has 2 aromatic carbocycles. The fourth-order valence-corrected chi connectivity index (χ4v) is 5.99. The maximum Gasteiger partial charge on any atom is 0.302 e. The van der Waals surface area contributed by atoms with E-state index in [9.17, 15) is 13.0 Å². The zero-order valence-electron chi connectivity index (χ0n) is 12.7. The molecule has 0 aromatic heterocycles. The second kappa shape index (κ2) is 7.31. The van der Waals surface area contributed by atoms with Gasteiger partial charge in [0.05, 0.1) is 0 Å². The van der Waals surface area contributed by atoms with E-state index in [2.05, 4.69) is 0 Å². The summed E-state index contributed by atoms with van der Waals surface area (Å²) in [6, 6.07) is 19.6. The van der Waals surface area contributed by atoms with E-state index in [1.54, 1.807) is 6.26 Å². The van der Waals surface area contributed by atoms with Gasteiger partial charge in [-0.3, -0.25) is 4.55 Å². The molecule has 2 rings (SSSR count). The van der Waals surface area contributed by atoms with Crippen LogP contribution in [0.15, 0.2) is 60.7 Å². The summed E-state index contributed by atoms with van der Waals surface area (Å²) in [5.74, 6) is 0.978. The lowest BCUT2D eigenvalue weighted by molar-refractivity contribution is 0.501. The third kappa shape index (κ3) is 4.60. The molecule has 120 valence electrons. The number of hydrogen-bond acceptors (Lipinski definition) is 2. The Balaban J connectivity index is 2.07. The van der Waals surface area contributed by atoms with Gasteiger partial charge in [0, 0.05) is 0 Å². The molecule has 0 atom stereocenters. The molecule has 0 unspecified atom stereocenters. The summed E-state index contributed by atoms with van der Waals surface area (Å²) in [4.78, 5) is 0. The second-order valence-electron chi connectivity index (χ2n) is 5.49. The van der Waals surface area contributed by atoms with E-state index < -0.39 is 18.2 Å². The lowest BCUT2D eigenvalue weighted by Gasteiger charge is -2.32. The van der Waals surface area contributed by atoms with E-state index in [-0.39, 0.29) is 0 Å². The molecule has 2 aromatic rings. The van der Waals surface area contributed by atoms with Crippen LogP contribution in [0.25, 0.3) is 0 Å². The van der Waals surface area contributed by atoms with Crippen molar-refractivity contribution in [3.8, 4) is 0 Å². The number of benzene rings is 2. The molecule has 0 aliphatic rings. The quantitative estimate of drug-likeness (QED) is 0.618. The Bertz CT molecular complexity index is 639. The molecule has 0 saturated heterocycles. The van der Waals surface area contributed by atoms with E-state index in [4.69, 9.17) is 0 Å². The van der Waals surface area contributed by atoms with Crippen molar-refractivity contribution < 1.29 is 13.0 Å². The summed E-state index contributed by atoms with van der Waals surface area (Å²) in [6.45, 7) is 0. The maximum absolute atomic E-state index is 11.9. The molecule has 3 nitrogen and oxygen atoms in total. The Morgan fingerprint density at radius 1 is 0.773 bits per heavy atom. The van der Waals surface area contributed by atoms with Gasteiger partial charge < -0.3 is 0 Å². The number of aryl methyl sites for hydroxylation is 2. The summed E-state index contributed by atoms with van der Waals surface area (Å²) in [6.07, 6.45) is 3.05. The average molecular weight is 338 g/mol. The zero-order valence-corrected chi connectivity index (χ0v) is 14.3. The lowest BCUT2D eigenvalue weighted by Crippen LogP contribution is -2.20. The van der Waals surface area contributed by atoms with Gasteiger partial charge in [-0.25, -0.2) is 0 Å². The Hall–Kier alpha value is -1.30. The van der Waals surface area contributed by atoms with Gasteiger partial charge in [-0.15, -0.1) is 9.06 Å². The van der Waals surface area contributed by atoms with E-state index in [0.717, 1.165) is 11.1 Å². The lowest BCUT2D eigenvalue weighted by atomic mass is 10.2. The van der Waals surface area contributed by atoms with Crippen LogP contribution in [0.3, 0.4) is 0 Å². The first-order chi connectivity index (χ1) is 10.4. The van der Waals surface area contributed by atoms with E-state index in [0.29, 0.717) is 24.3 Å². The van der Waals surface area contributed by atoms with E-state index >= 15 is 0 Å². The maximum atomic E-state index is 11.9. The molecule has 0 radical (unpaired) electrons. The molecular weight excluding hydrogens is 316 g/mol. The van der Waals surface area contributed by atoms with Crippen LogP contribution in [-0.2, 0) is 22.0 Å². The Kier molecular flexibility index (Phi) is 5.67. The summed E-state index contributed by atoms with van der Waals surface area (Å²) < 4.78 is 33.5. The van der Waals surface area contributed by atoms with Crippen molar-refractivity contribution >= 4 is 18.2 Å². The minimum absolute atomic E-state index is 0.489. The predicted octanol–water partition coefficient (Wildman–Crippen LogP) is 3.71. The summed E-state index contributed by atoms with van der Waals surface area (Å²) in [7, 11) is -6.15. The van der Waals surface area contributed by atoms with Crippen LogP contribution >= 0.6 is 9.06 Å². The fraction of sp³-hybridized carbons (Fsp3) is 0.294. The molecule has 1 N–H and O–H groups in total. The SMILES string of the molecule is CS(CCc1ccccc1)(CCc1ccccc1)S(=O)(=O)O. The molecule has 5 heteroatoms. The van der Waals surface area contributed by atoms with Gasteiger partial charge in [-0.05, 0) is 41.7 Å². The summed E-state index contributed by atoms with van der Waals surface area (Å²) in [5.41, 5.74) is 2.20. The smallest absolute Gasteiger partial charge is 0.278 e. The summed E-state index contributed by atoms with van der Waals surface area (Å²) >= 11 is 0. The molecule has 0 saturated carbocycles. The van der Waals surface area contributed by atoms with Crippen molar-refractivity contribution in [2.75, 3.05) is 17.8 Å². The van der Waals surface area contributed by atoms with Gasteiger partial charge in [-0.1, -0.05) is 60.7 Å². The molecular formula is C17H22O3S2. The van der Waals surface area contributed by atoms with Crippen molar-refractivity contribution in [1.82, 2.24) is 0 Å². The normalized spacial score (nSPS) is 13.0. The Morgan fingerprint density at radius 2 is 1.14 bits per heavy atom. The summed E-state index contributed by atoms with van der Waals surface area (Å²) in [5, 5.41) is 0. The molecule has 0 aliphatic carbocycles. The first kappa shape index (κ1) is 17.1. The third-order valence-corrected chi connectivity index (χ3v) is 11.0. The molecule has 0 amide bonds. The van der Waals surface area contributed by atoms with E-state index in [1.165, 1.54) is 0 Å². The first-order valence-electron chi connectivity index (χ1n) is 7.20. The second-order valence-corrected chi connectivity index (χ2v) is 13.2. The largest absolute Gasteiger partial charge is 0.302 e. The van der Waals surface area contributed by atoms with Gasteiger partial charge in [0.15, 0.2) is 0 Å². The van der Waals surface area contributed by atoms with Crippen molar-refractivity contribution in [1.29, 1.82) is 0 Å². The standard InChI is InChI=1S/C17H22O3S2/c1-21(22(18,19)20,14-12-16-8-4-2-5-9-16)15-13-17-10-6-3-7-11-17/h2-11H,12-15H2,1H3,(H,18,19,20). The van der Waals surface area contributed by atoms with Crippen LogP contribution in [0.1, 0.15) is 11.1 Å². The Morgan fingerprint density at radius 3 is 1.45 bits per heavy atom. The third-order valence-electron chi connectivity index (χ3n) is 3.84. The monoisotopic (exact) mass is 338 g/mol. The highest BCUT2D eigenvalue weighted by atomic mass is 33.2. The van der Waals surface area contributed by atoms with E-state index in [1.807, 2.05) is 60.7 Å². The zero-order chi connectivity index (χ0) is 16.1. The van der Waals surface area contributed by atoms with Crippen molar-refractivity contribution in [3.05, 3.63) is 71.8 Å². The van der Waals surface area contributed by atoms with Gasteiger partial charge in [0.25, 0.3) is 0 Å². The number of rotatable bonds is 7. The topological polar surface area (TPSA) is 54.4 Å². The van der Waals surface area contributed by atoms with Crippen molar-refractivity contribution in [3.63, 3.8) is 0 Å². The molecule has 0 heterocycles. The number of hydrogen-bond donors (Lipinski definition) is 1. The van der Waals surface area contributed by atoms with Crippen LogP contribution in [0.4, 0.5) is 0 Å². The molecule has 0 aliphatic heterocycles.